The molecule has 0 fully saturated rings. The van der Waals surface area contributed by atoms with Gasteiger partial charge >= 0.3 is 0 Å². The smallest absolute Gasteiger partial charge is 0.146 e. The molecule has 12 heavy (non-hydrogen) atoms. The van der Waals surface area contributed by atoms with Crippen molar-refractivity contribution in [2.75, 3.05) is 13.1 Å². The molecule has 0 bridgehead atoms. The Morgan fingerprint density at radius 3 is 2.58 bits per heavy atom. The first-order chi connectivity index (χ1) is 5.66. The maximum absolute atomic E-state index is 11.1. The van der Waals surface area contributed by atoms with Crippen LogP contribution in [0.3, 0.4) is 0 Å². The highest BCUT2D eigenvalue weighted by molar-refractivity contribution is 5.80. The minimum absolute atomic E-state index is 0.345. The van der Waals surface area contributed by atoms with Gasteiger partial charge in [0.2, 0.25) is 0 Å². The molecule has 2 heteroatoms. The van der Waals surface area contributed by atoms with Crippen molar-refractivity contribution in [3.63, 3.8) is 0 Å². The predicted molar refractivity (Wildman–Crippen MR) is 52.2 cm³/mol. The van der Waals surface area contributed by atoms with Crippen LogP contribution >= 0.6 is 0 Å². The summed E-state index contributed by atoms with van der Waals surface area (Å²) in [5.41, 5.74) is 0. The summed E-state index contributed by atoms with van der Waals surface area (Å²) >= 11 is 0. The van der Waals surface area contributed by atoms with Crippen LogP contribution < -0.4 is 5.32 Å². The van der Waals surface area contributed by atoms with Crippen molar-refractivity contribution in [1.29, 1.82) is 0 Å². The third-order valence-corrected chi connectivity index (χ3v) is 1.81. The molecule has 0 rings (SSSR count). The number of likely N-dealkylation sites (N-methyl/N-ethyl adjacent to an activating group) is 1. The Labute approximate surface area is 75.7 Å². The summed E-state index contributed by atoms with van der Waals surface area (Å²) in [6.45, 7) is 7.83. The third-order valence-electron chi connectivity index (χ3n) is 1.81. The van der Waals surface area contributed by atoms with Gasteiger partial charge in [0.15, 0.2) is 0 Å². The molecular formula is C10H21NO. The zero-order chi connectivity index (χ0) is 9.40. The number of Topliss-reactive ketones (excluding diaryl/α,β-unsaturated/α-hetero) is 1. The van der Waals surface area contributed by atoms with E-state index >= 15 is 0 Å². The highest BCUT2D eigenvalue weighted by Gasteiger charge is 2.01. The van der Waals surface area contributed by atoms with Crippen LogP contribution in [0.15, 0.2) is 0 Å². The van der Waals surface area contributed by atoms with Gasteiger partial charge in [-0.1, -0.05) is 27.2 Å². The molecular weight excluding hydrogens is 150 g/mol. The lowest BCUT2D eigenvalue weighted by Crippen LogP contribution is -2.22. The Balaban J connectivity index is 3.20. The molecule has 0 amide bonds. The molecule has 0 radical (unpaired) electrons. The van der Waals surface area contributed by atoms with Gasteiger partial charge in [-0.2, -0.15) is 0 Å². The summed E-state index contributed by atoms with van der Waals surface area (Å²) in [4.78, 5) is 11.1. The zero-order valence-electron chi connectivity index (χ0n) is 8.52. The van der Waals surface area contributed by atoms with Crippen molar-refractivity contribution in [2.45, 2.75) is 40.0 Å². The van der Waals surface area contributed by atoms with Gasteiger partial charge < -0.3 is 5.32 Å². The van der Waals surface area contributed by atoms with E-state index in [4.69, 9.17) is 0 Å². The molecule has 0 saturated carbocycles. The third kappa shape index (κ3) is 7.73. The summed E-state index contributed by atoms with van der Waals surface area (Å²) in [6, 6.07) is 0. The lowest BCUT2D eigenvalue weighted by atomic mass is 10.1. The van der Waals surface area contributed by atoms with E-state index in [9.17, 15) is 4.79 Å². The molecule has 0 aliphatic heterocycles. The first-order valence-corrected chi connectivity index (χ1v) is 4.89. The molecule has 0 unspecified atom stereocenters. The minimum Gasteiger partial charge on any atom is -0.310 e. The van der Waals surface area contributed by atoms with E-state index in [2.05, 4.69) is 19.2 Å². The van der Waals surface area contributed by atoms with Crippen molar-refractivity contribution in [3.8, 4) is 0 Å². The van der Waals surface area contributed by atoms with Gasteiger partial charge in [-0.3, -0.25) is 4.79 Å². The van der Waals surface area contributed by atoms with Crippen LogP contribution in [0.5, 0.6) is 0 Å². The van der Waals surface area contributed by atoms with Crippen LogP contribution in [0.1, 0.15) is 40.0 Å². The molecule has 2 nitrogen and oxygen atoms in total. The van der Waals surface area contributed by atoms with Gasteiger partial charge in [0.05, 0.1) is 6.54 Å². The van der Waals surface area contributed by atoms with Crippen molar-refractivity contribution in [2.24, 2.45) is 5.92 Å². The van der Waals surface area contributed by atoms with Gasteiger partial charge in [0.1, 0.15) is 5.78 Å². The summed E-state index contributed by atoms with van der Waals surface area (Å²) < 4.78 is 0. The summed E-state index contributed by atoms with van der Waals surface area (Å²) in [6.07, 6.45) is 2.95. The molecule has 0 aliphatic rings. The van der Waals surface area contributed by atoms with Gasteiger partial charge in [0.25, 0.3) is 0 Å². The van der Waals surface area contributed by atoms with Crippen LogP contribution in [0.2, 0.25) is 0 Å². The van der Waals surface area contributed by atoms with Crippen LogP contribution in [0.4, 0.5) is 0 Å². The highest BCUT2D eigenvalue weighted by atomic mass is 16.1. The Bertz CT molecular complexity index is 121. The fourth-order valence-electron chi connectivity index (χ4n) is 1.06. The van der Waals surface area contributed by atoms with E-state index in [1.54, 1.807) is 0 Å². The number of hydrogen-bond donors (Lipinski definition) is 1. The SMILES string of the molecule is CCNCC(=O)CCCC(C)C. The van der Waals surface area contributed by atoms with E-state index in [-0.39, 0.29) is 0 Å². The maximum Gasteiger partial charge on any atom is 0.146 e. The minimum atomic E-state index is 0.345. The first-order valence-electron chi connectivity index (χ1n) is 4.89. The van der Waals surface area contributed by atoms with Crippen LogP contribution in [-0.4, -0.2) is 18.9 Å². The molecule has 0 saturated heterocycles. The molecule has 0 aromatic carbocycles. The molecule has 0 aliphatic carbocycles. The highest BCUT2D eigenvalue weighted by Crippen LogP contribution is 2.05. The average Bonchev–Trinajstić information content (AvgIpc) is 2.00. The summed E-state index contributed by atoms with van der Waals surface area (Å²) in [7, 11) is 0. The monoisotopic (exact) mass is 171 g/mol. The maximum atomic E-state index is 11.1. The van der Waals surface area contributed by atoms with Gasteiger partial charge in [-0.15, -0.1) is 0 Å². The number of ketones is 1. The van der Waals surface area contributed by atoms with Gasteiger partial charge in [-0.25, -0.2) is 0 Å². The van der Waals surface area contributed by atoms with Crippen molar-refractivity contribution >= 4 is 5.78 Å². The van der Waals surface area contributed by atoms with Crippen molar-refractivity contribution in [3.05, 3.63) is 0 Å². The molecule has 0 spiro atoms. The Kier molecular flexibility index (Phi) is 7.06. The molecule has 72 valence electrons. The van der Waals surface area contributed by atoms with Crippen LogP contribution in [-0.2, 0) is 4.79 Å². The molecule has 0 heterocycles. The van der Waals surface area contributed by atoms with Crippen molar-refractivity contribution < 1.29 is 4.79 Å². The largest absolute Gasteiger partial charge is 0.310 e. The Hall–Kier alpha value is -0.370. The molecule has 1 N–H and O–H groups in total. The van der Waals surface area contributed by atoms with E-state index in [1.165, 1.54) is 0 Å². The lowest BCUT2D eigenvalue weighted by Gasteiger charge is -2.03. The Morgan fingerprint density at radius 1 is 1.42 bits per heavy atom. The first kappa shape index (κ1) is 11.6. The van der Waals surface area contributed by atoms with Crippen LogP contribution in [0, 0.1) is 5.92 Å². The van der Waals surface area contributed by atoms with E-state index < -0.39 is 0 Å². The second-order valence-corrected chi connectivity index (χ2v) is 3.61. The van der Waals surface area contributed by atoms with E-state index in [0.29, 0.717) is 12.3 Å². The van der Waals surface area contributed by atoms with Gasteiger partial charge in [0, 0.05) is 6.42 Å². The fraction of sp³-hybridized carbons (Fsp3) is 0.900. The summed E-state index contributed by atoms with van der Waals surface area (Å²) in [5, 5.41) is 3.04. The van der Waals surface area contributed by atoms with E-state index in [0.717, 1.165) is 31.7 Å². The van der Waals surface area contributed by atoms with Crippen molar-refractivity contribution in [1.82, 2.24) is 5.32 Å². The molecule has 0 aromatic heterocycles. The summed E-state index contributed by atoms with van der Waals surface area (Å²) in [5.74, 6) is 1.06. The van der Waals surface area contributed by atoms with Crippen LogP contribution in [0.25, 0.3) is 0 Å². The average molecular weight is 171 g/mol. The normalized spacial score (nSPS) is 10.7. The Morgan fingerprint density at radius 2 is 2.08 bits per heavy atom. The second kappa shape index (κ2) is 7.29. The molecule has 0 aromatic rings. The number of nitrogens with one attached hydrogen (secondary N) is 1. The number of carbonyl (C=O) groups is 1. The standard InChI is InChI=1S/C10H21NO/c1-4-11-8-10(12)7-5-6-9(2)3/h9,11H,4-8H2,1-3H3. The number of carbonyl (C=O) groups excluding carboxylic acids is 1. The lowest BCUT2D eigenvalue weighted by molar-refractivity contribution is -0.118. The topological polar surface area (TPSA) is 29.1 Å². The van der Waals surface area contributed by atoms with E-state index in [1.807, 2.05) is 6.92 Å². The fourth-order valence-corrected chi connectivity index (χ4v) is 1.06. The zero-order valence-corrected chi connectivity index (χ0v) is 8.52. The quantitative estimate of drug-likeness (QED) is 0.634. The molecule has 0 atom stereocenters. The second-order valence-electron chi connectivity index (χ2n) is 3.61. The number of hydrogen-bond acceptors (Lipinski definition) is 2. The number of rotatable bonds is 7. The van der Waals surface area contributed by atoms with Gasteiger partial charge in [-0.05, 0) is 18.9 Å². The predicted octanol–water partition coefficient (Wildman–Crippen LogP) is 1.99.